The number of hydrogen-bond donors (Lipinski definition) is 0. The molecule has 0 aromatic heterocycles. The van der Waals surface area contributed by atoms with Crippen LogP contribution < -0.4 is 0 Å². The molecule has 1 heterocycles. The number of rotatable bonds is 2. The molecule has 0 N–H and O–H groups in total. The average Bonchev–Trinajstić information content (AvgIpc) is 1.91. The van der Waals surface area contributed by atoms with Gasteiger partial charge in [-0.3, -0.25) is 4.79 Å². The minimum absolute atomic E-state index is 0.0103. The van der Waals surface area contributed by atoms with E-state index in [1.807, 2.05) is 20.8 Å². The van der Waals surface area contributed by atoms with Gasteiger partial charge in [-0.25, -0.2) is 0 Å². The smallest absolute Gasteiger partial charge is 0.223 e. The van der Waals surface area contributed by atoms with Gasteiger partial charge in [0, 0.05) is 24.4 Å². The molecule has 0 aliphatic carbocycles. The SMILES string of the molecule is CC(C)(C)CC(=O)N1CC(N=[N+]=[N-])C1. The quantitative estimate of drug-likeness (QED) is 0.378. The van der Waals surface area contributed by atoms with Gasteiger partial charge in [0.2, 0.25) is 5.91 Å². The Labute approximate surface area is 83.7 Å². The number of carbonyl (C=O) groups is 1. The van der Waals surface area contributed by atoms with E-state index >= 15 is 0 Å². The van der Waals surface area contributed by atoms with Gasteiger partial charge in [-0.1, -0.05) is 25.9 Å². The van der Waals surface area contributed by atoms with Gasteiger partial charge in [-0.15, -0.1) is 0 Å². The molecule has 1 saturated heterocycles. The van der Waals surface area contributed by atoms with Crippen LogP contribution in [0, 0.1) is 5.41 Å². The van der Waals surface area contributed by atoms with Crippen LogP contribution in [0.5, 0.6) is 0 Å². The second kappa shape index (κ2) is 3.88. The molecular formula is C9H16N4O. The molecule has 0 unspecified atom stereocenters. The number of hydrogen-bond acceptors (Lipinski definition) is 2. The number of nitrogens with zero attached hydrogens (tertiary/aromatic N) is 4. The van der Waals surface area contributed by atoms with E-state index in [4.69, 9.17) is 5.53 Å². The van der Waals surface area contributed by atoms with E-state index < -0.39 is 0 Å². The third-order valence-corrected chi connectivity index (χ3v) is 2.11. The monoisotopic (exact) mass is 196 g/mol. The summed E-state index contributed by atoms with van der Waals surface area (Å²) in [6.45, 7) is 7.28. The van der Waals surface area contributed by atoms with Crippen molar-refractivity contribution < 1.29 is 4.79 Å². The maximum atomic E-state index is 11.6. The number of amides is 1. The molecule has 1 aliphatic rings. The van der Waals surface area contributed by atoms with Gasteiger partial charge in [0.05, 0.1) is 6.04 Å². The molecule has 5 nitrogen and oxygen atoms in total. The largest absolute Gasteiger partial charge is 0.342 e. The van der Waals surface area contributed by atoms with Crippen molar-refractivity contribution in [2.75, 3.05) is 13.1 Å². The molecule has 1 amide bonds. The summed E-state index contributed by atoms with van der Waals surface area (Å²) in [5.41, 5.74) is 8.20. The predicted octanol–water partition coefficient (Wildman–Crippen LogP) is 1.94. The average molecular weight is 196 g/mol. The molecule has 1 aliphatic heterocycles. The van der Waals surface area contributed by atoms with Crippen LogP contribution in [0.1, 0.15) is 27.2 Å². The molecule has 0 saturated carbocycles. The molecule has 0 spiro atoms. The highest BCUT2D eigenvalue weighted by Gasteiger charge is 2.31. The summed E-state index contributed by atoms with van der Waals surface area (Å²) in [6.07, 6.45) is 0.552. The standard InChI is InChI=1S/C9H16N4O/c1-9(2,3)4-8(14)13-5-7(6-13)11-12-10/h7H,4-6H2,1-3H3. The van der Waals surface area contributed by atoms with Crippen molar-refractivity contribution in [1.29, 1.82) is 0 Å². The van der Waals surface area contributed by atoms with Crippen molar-refractivity contribution in [2.45, 2.75) is 33.2 Å². The van der Waals surface area contributed by atoms with Crippen molar-refractivity contribution in [3.05, 3.63) is 10.4 Å². The molecule has 0 atom stereocenters. The Hall–Kier alpha value is -1.22. The van der Waals surface area contributed by atoms with E-state index in [0.717, 1.165) is 0 Å². The van der Waals surface area contributed by atoms with Gasteiger partial charge in [-0.2, -0.15) is 0 Å². The van der Waals surface area contributed by atoms with Crippen molar-refractivity contribution in [3.8, 4) is 0 Å². The van der Waals surface area contributed by atoms with Gasteiger partial charge in [0.25, 0.3) is 0 Å². The topological polar surface area (TPSA) is 69.1 Å². The lowest BCUT2D eigenvalue weighted by Gasteiger charge is -2.38. The van der Waals surface area contributed by atoms with E-state index in [1.54, 1.807) is 4.90 Å². The number of azide groups is 1. The number of carbonyl (C=O) groups excluding carboxylic acids is 1. The molecule has 0 aromatic carbocycles. The van der Waals surface area contributed by atoms with Crippen LogP contribution in [-0.2, 0) is 4.79 Å². The second-order valence-electron chi connectivity index (χ2n) is 4.89. The second-order valence-corrected chi connectivity index (χ2v) is 4.89. The fraction of sp³-hybridized carbons (Fsp3) is 0.889. The highest BCUT2D eigenvalue weighted by Crippen LogP contribution is 2.22. The van der Waals surface area contributed by atoms with E-state index in [2.05, 4.69) is 10.0 Å². The van der Waals surface area contributed by atoms with Gasteiger partial charge in [0.15, 0.2) is 0 Å². The summed E-state index contributed by atoms with van der Waals surface area (Å²) in [5, 5.41) is 3.55. The Kier molecular flexibility index (Phi) is 3.01. The van der Waals surface area contributed by atoms with Gasteiger partial charge >= 0.3 is 0 Å². The van der Waals surface area contributed by atoms with Crippen LogP contribution in [0.2, 0.25) is 0 Å². The lowest BCUT2D eigenvalue weighted by molar-refractivity contribution is -0.137. The minimum atomic E-state index is -0.0103. The molecule has 0 bridgehead atoms. The van der Waals surface area contributed by atoms with Crippen molar-refractivity contribution in [1.82, 2.24) is 4.90 Å². The Balaban J connectivity index is 2.33. The molecule has 0 aromatic rings. The van der Waals surface area contributed by atoms with Crippen LogP contribution >= 0.6 is 0 Å². The van der Waals surface area contributed by atoms with Crippen LogP contribution in [-0.4, -0.2) is 29.9 Å². The van der Waals surface area contributed by atoms with Crippen LogP contribution in [0.25, 0.3) is 10.4 Å². The summed E-state index contributed by atoms with van der Waals surface area (Å²) in [6, 6.07) is -0.0103. The summed E-state index contributed by atoms with van der Waals surface area (Å²) >= 11 is 0. The molecule has 78 valence electrons. The summed E-state index contributed by atoms with van der Waals surface area (Å²) < 4.78 is 0. The predicted molar refractivity (Wildman–Crippen MR) is 53.6 cm³/mol. The third-order valence-electron chi connectivity index (χ3n) is 2.11. The lowest BCUT2D eigenvalue weighted by atomic mass is 9.91. The van der Waals surface area contributed by atoms with Crippen molar-refractivity contribution in [2.24, 2.45) is 10.5 Å². The first kappa shape index (κ1) is 10.9. The molecule has 0 radical (unpaired) electrons. The van der Waals surface area contributed by atoms with Gasteiger partial charge < -0.3 is 4.90 Å². The first-order chi connectivity index (χ1) is 6.42. The van der Waals surface area contributed by atoms with Crippen molar-refractivity contribution in [3.63, 3.8) is 0 Å². The molecule has 1 rings (SSSR count). The zero-order valence-electron chi connectivity index (χ0n) is 8.90. The minimum Gasteiger partial charge on any atom is -0.342 e. The molecule has 1 fully saturated rings. The first-order valence-corrected chi connectivity index (χ1v) is 4.74. The van der Waals surface area contributed by atoms with Crippen LogP contribution in [0.3, 0.4) is 0 Å². The molecule has 14 heavy (non-hydrogen) atoms. The fourth-order valence-electron chi connectivity index (χ4n) is 1.37. The zero-order valence-corrected chi connectivity index (χ0v) is 8.90. The van der Waals surface area contributed by atoms with Crippen LogP contribution in [0.4, 0.5) is 0 Å². The summed E-state index contributed by atoms with van der Waals surface area (Å²) in [4.78, 5) is 16.0. The van der Waals surface area contributed by atoms with E-state index in [1.165, 1.54) is 0 Å². The third kappa shape index (κ3) is 2.92. The number of likely N-dealkylation sites (tertiary alicyclic amines) is 1. The van der Waals surface area contributed by atoms with Crippen LogP contribution in [0.15, 0.2) is 5.11 Å². The van der Waals surface area contributed by atoms with Gasteiger partial charge in [-0.05, 0) is 10.9 Å². The Morgan fingerprint density at radius 2 is 2.14 bits per heavy atom. The first-order valence-electron chi connectivity index (χ1n) is 4.74. The summed E-state index contributed by atoms with van der Waals surface area (Å²) in [5.74, 6) is 0.155. The molecule has 5 heteroatoms. The zero-order chi connectivity index (χ0) is 10.8. The maximum Gasteiger partial charge on any atom is 0.223 e. The highest BCUT2D eigenvalue weighted by atomic mass is 16.2. The summed E-state index contributed by atoms with van der Waals surface area (Å²) in [7, 11) is 0. The van der Waals surface area contributed by atoms with Gasteiger partial charge in [0.1, 0.15) is 0 Å². The van der Waals surface area contributed by atoms with E-state index in [9.17, 15) is 4.79 Å². The maximum absolute atomic E-state index is 11.6. The Morgan fingerprint density at radius 3 is 2.57 bits per heavy atom. The van der Waals surface area contributed by atoms with E-state index in [-0.39, 0.29) is 17.4 Å². The lowest BCUT2D eigenvalue weighted by Crippen LogP contribution is -2.53. The normalized spacial score (nSPS) is 17.2. The fourth-order valence-corrected chi connectivity index (χ4v) is 1.37. The Bertz CT molecular complexity index is 269. The van der Waals surface area contributed by atoms with E-state index in [0.29, 0.717) is 19.5 Å². The van der Waals surface area contributed by atoms with Crippen molar-refractivity contribution >= 4 is 5.91 Å². The highest BCUT2D eigenvalue weighted by molar-refractivity contribution is 5.77. The Morgan fingerprint density at radius 1 is 1.57 bits per heavy atom. The molecular weight excluding hydrogens is 180 g/mol.